The fourth-order valence-corrected chi connectivity index (χ4v) is 0.759. The van der Waals surface area contributed by atoms with Gasteiger partial charge in [0.05, 0.1) is 19.3 Å². The minimum Gasteiger partial charge on any atom is -0.377 e. The van der Waals surface area contributed by atoms with Crippen LogP contribution in [0.3, 0.4) is 0 Å². The van der Waals surface area contributed by atoms with Crippen molar-refractivity contribution >= 4 is 0 Å². The van der Waals surface area contributed by atoms with E-state index in [0.29, 0.717) is 6.54 Å². The molecule has 0 aliphatic heterocycles. The average molecular weight is 167 g/mol. The SMILES string of the molecule is C#CCNCC(C)OCCC=C. The molecule has 0 aromatic heterocycles. The summed E-state index contributed by atoms with van der Waals surface area (Å²) in [5.41, 5.74) is 0. The number of rotatable bonds is 7. The lowest BCUT2D eigenvalue weighted by Crippen LogP contribution is -2.27. The van der Waals surface area contributed by atoms with Crippen molar-refractivity contribution in [3.8, 4) is 12.3 Å². The topological polar surface area (TPSA) is 21.3 Å². The largest absolute Gasteiger partial charge is 0.377 e. The lowest BCUT2D eigenvalue weighted by atomic mass is 10.4. The van der Waals surface area contributed by atoms with Gasteiger partial charge >= 0.3 is 0 Å². The van der Waals surface area contributed by atoms with E-state index in [2.05, 4.69) is 17.8 Å². The molecular weight excluding hydrogens is 150 g/mol. The maximum Gasteiger partial charge on any atom is 0.0671 e. The normalized spacial score (nSPS) is 12.0. The molecule has 1 N–H and O–H groups in total. The Kier molecular flexibility index (Phi) is 7.78. The summed E-state index contributed by atoms with van der Waals surface area (Å²) >= 11 is 0. The maximum absolute atomic E-state index is 5.43. The molecule has 2 heteroatoms. The van der Waals surface area contributed by atoms with Crippen molar-refractivity contribution in [1.29, 1.82) is 0 Å². The average Bonchev–Trinajstić information content (AvgIpc) is 2.06. The smallest absolute Gasteiger partial charge is 0.0671 e. The zero-order valence-electron chi connectivity index (χ0n) is 7.68. The summed E-state index contributed by atoms with van der Waals surface area (Å²) in [6.45, 7) is 7.78. The van der Waals surface area contributed by atoms with Gasteiger partial charge in [-0.25, -0.2) is 0 Å². The van der Waals surface area contributed by atoms with Gasteiger partial charge in [-0.1, -0.05) is 12.0 Å². The third-order valence-electron chi connectivity index (χ3n) is 1.38. The van der Waals surface area contributed by atoms with E-state index >= 15 is 0 Å². The van der Waals surface area contributed by atoms with Crippen LogP contribution >= 0.6 is 0 Å². The molecule has 0 saturated heterocycles. The van der Waals surface area contributed by atoms with Crippen molar-refractivity contribution in [2.75, 3.05) is 19.7 Å². The Labute approximate surface area is 75.0 Å². The molecule has 0 rings (SSSR count). The van der Waals surface area contributed by atoms with E-state index in [-0.39, 0.29) is 6.10 Å². The molecule has 0 aromatic carbocycles. The molecule has 0 spiro atoms. The molecule has 68 valence electrons. The van der Waals surface area contributed by atoms with Gasteiger partial charge in [0, 0.05) is 6.54 Å². The molecule has 0 radical (unpaired) electrons. The predicted octanol–water partition coefficient (Wildman–Crippen LogP) is 1.19. The minimum atomic E-state index is 0.221. The lowest BCUT2D eigenvalue weighted by Gasteiger charge is -2.11. The van der Waals surface area contributed by atoms with Gasteiger partial charge in [-0.3, -0.25) is 0 Å². The lowest BCUT2D eigenvalue weighted by molar-refractivity contribution is 0.0702. The highest BCUT2D eigenvalue weighted by Crippen LogP contribution is 1.90. The van der Waals surface area contributed by atoms with Crippen LogP contribution in [0.4, 0.5) is 0 Å². The summed E-state index contributed by atoms with van der Waals surface area (Å²) in [4.78, 5) is 0. The Morgan fingerprint density at radius 2 is 2.50 bits per heavy atom. The molecule has 0 saturated carbocycles. The number of terminal acetylenes is 1. The zero-order chi connectivity index (χ0) is 9.23. The zero-order valence-corrected chi connectivity index (χ0v) is 7.68. The number of nitrogens with one attached hydrogen (secondary N) is 1. The van der Waals surface area contributed by atoms with Crippen LogP contribution < -0.4 is 5.32 Å². The molecule has 0 aliphatic carbocycles. The molecule has 0 bridgehead atoms. The van der Waals surface area contributed by atoms with Crippen LogP contribution in [0.2, 0.25) is 0 Å². The summed E-state index contributed by atoms with van der Waals surface area (Å²) in [6, 6.07) is 0. The van der Waals surface area contributed by atoms with Crippen LogP contribution in [0.1, 0.15) is 13.3 Å². The van der Waals surface area contributed by atoms with Crippen molar-refractivity contribution in [3.05, 3.63) is 12.7 Å². The minimum absolute atomic E-state index is 0.221. The summed E-state index contributed by atoms with van der Waals surface area (Å²) in [5, 5.41) is 3.07. The molecule has 1 unspecified atom stereocenters. The second kappa shape index (κ2) is 8.32. The molecule has 2 nitrogen and oxygen atoms in total. The summed E-state index contributed by atoms with van der Waals surface area (Å²) in [5.74, 6) is 2.51. The third kappa shape index (κ3) is 7.33. The summed E-state index contributed by atoms with van der Waals surface area (Å²) in [6.07, 6.45) is 8.04. The first-order valence-corrected chi connectivity index (χ1v) is 4.18. The van der Waals surface area contributed by atoms with Crippen molar-refractivity contribution in [2.45, 2.75) is 19.4 Å². The van der Waals surface area contributed by atoms with Gasteiger partial charge in [0.25, 0.3) is 0 Å². The van der Waals surface area contributed by atoms with Crippen molar-refractivity contribution in [3.63, 3.8) is 0 Å². The Bertz CT molecular complexity index is 148. The Morgan fingerprint density at radius 3 is 3.08 bits per heavy atom. The standard InChI is InChI=1S/C10H17NO/c1-4-6-8-12-10(3)9-11-7-5-2/h2,4,10-11H,1,6-9H2,3H3. The van der Waals surface area contributed by atoms with Crippen LogP contribution in [0.5, 0.6) is 0 Å². The number of hydrogen-bond donors (Lipinski definition) is 1. The molecule has 0 aromatic rings. The van der Waals surface area contributed by atoms with E-state index in [0.717, 1.165) is 19.6 Å². The highest BCUT2D eigenvalue weighted by Gasteiger charge is 1.98. The second-order valence-corrected chi connectivity index (χ2v) is 2.59. The third-order valence-corrected chi connectivity index (χ3v) is 1.38. The van der Waals surface area contributed by atoms with E-state index in [1.165, 1.54) is 0 Å². The van der Waals surface area contributed by atoms with Crippen LogP contribution in [0, 0.1) is 12.3 Å². The predicted molar refractivity (Wildman–Crippen MR) is 51.9 cm³/mol. The van der Waals surface area contributed by atoms with E-state index in [1.807, 2.05) is 13.0 Å². The quantitative estimate of drug-likeness (QED) is 0.349. The Balaban J connectivity index is 3.16. The van der Waals surface area contributed by atoms with E-state index < -0.39 is 0 Å². The van der Waals surface area contributed by atoms with Gasteiger partial charge < -0.3 is 10.1 Å². The van der Waals surface area contributed by atoms with Gasteiger partial charge in [0.15, 0.2) is 0 Å². The van der Waals surface area contributed by atoms with E-state index in [1.54, 1.807) is 0 Å². The Morgan fingerprint density at radius 1 is 1.75 bits per heavy atom. The van der Waals surface area contributed by atoms with Gasteiger partial charge in [0.1, 0.15) is 0 Å². The first kappa shape index (κ1) is 11.2. The molecule has 12 heavy (non-hydrogen) atoms. The van der Waals surface area contributed by atoms with Crippen molar-refractivity contribution in [1.82, 2.24) is 5.32 Å². The maximum atomic E-state index is 5.43. The van der Waals surface area contributed by atoms with Crippen LogP contribution in [-0.2, 0) is 4.74 Å². The summed E-state index contributed by atoms with van der Waals surface area (Å²) in [7, 11) is 0. The van der Waals surface area contributed by atoms with Crippen molar-refractivity contribution < 1.29 is 4.74 Å². The molecule has 0 heterocycles. The molecule has 0 aliphatic rings. The monoisotopic (exact) mass is 167 g/mol. The first-order chi connectivity index (χ1) is 5.81. The van der Waals surface area contributed by atoms with Gasteiger partial charge in [-0.05, 0) is 13.3 Å². The fraction of sp³-hybridized carbons (Fsp3) is 0.600. The first-order valence-electron chi connectivity index (χ1n) is 4.18. The number of hydrogen-bond acceptors (Lipinski definition) is 2. The second-order valence-electron chi connectivity index (χ2n) is 2.59. The molecular formula is C10H17NO. The molecule has 1 atom stereocenters. The fourth-order valence-electron chi connectivity index (χ4n) is 0.759. The van der Waals surface area contributed by atoms with Gasteiger partial charge in [-0.15, -0.1) is 13.0 Å². The van der Waals surface area contributed by atoms with Crippen LogP contribution in [0.15, 0.2) is 12.7 Å². The molecule has 0 amide bonds. The Hall–Kier alpha value is -0.780. The van der Waals surface area contributed by atoms with Gasteiger partial charge in [0.2, 0.25) is 0 Å². The highest BCUT2D eigenvalue weighted by atomic mass is 16.5. The van der Waals surface area contributed by atoms with Crippen molar-refractivity contribution in [2.24, 2.45) is 0 Å². The van der Waals surface area contributed by atoms with E-state index in [9.17, 15) is 0 Å². The summed E-state index contributed by atoms with van der Waals surface area (Å²) < 4.78 is 5.43. The van der Waals surface area contributed by atoms with E-state index in [4.69, 9.17) is 11.2 Å². The highest BCUT2D eigenvalue weighted by molar-refractivity contribution is 4.86. The van der Waals surface area contributed by atoms with Crippen LogP contribution in [-0.4, -0.2) is 25.8 Å². The molecule has 0 fully saturated rings. The van der Waals surface area contributed by atoms with Crippen LogP contribution in [0.25, 0.3) is 0 Å². The number of ether oxygens (including phenoxy) is 1. The van der Waals surface area contributed by atoms with Gasteiger partial charge in [-0.2, -0.15) is 0 Å².